The van der Waals surface area contributed by atoms with Gasteiger partial charge in [-0.25, -0.2) is 8.42 Å². The molecule has 0 fully saturated rings. The Morgan fingerprint density at radius 1 is 1.62 bits per heavy atom. The summed E-state index contributed by atoms with van der Waals surface area (Å²) in [6.45, 7) is 4.07. The molecule has 1 rings (SSSR count). The van der Waals surface area contributed by atoms with E-state index in [-0.39, 0.29) is 0 Å². The number of halogens is 1. The minimum atomic E-state index is -3.19. The van der Waals surface area contributed by atoms with Crippen molar-refractivity contribution in [3.8, 4) is 0 Å². The smallest absolute Gasteiger partial charge is 0.151 e. The molecule has 92 valence electrons. The lowest BCUT2D eigenvalue weighted by molar-refractivity contribution is 0.537. The molecule has 0 bridgehead atoms. The van der Waals surface area contributed by atoms with Crippen molar-refractivity contribution in [2.45, 2.75) is 31.7 Å². The van der Waals surface area contributed by atoms with E-state index in [1.807, 2.05) is 6.92 Å². The maximum atomic E-state index is 11.4. The van der Waals surface area contributed by atoms with Crippen LogP contribution in [-0.4, -0.2) is 29.7 Å². The van der Waals surface area contributed by atoms with Gasteiger partial charge in [-0.3, -0.25) is 4.68 Å². The van der Waals surface area contributed by atoms with E-state index in [2.05, 4.69) is 5.10 Å². The van der Waals surface area contributed by atoms with Crippen molar-refractivity contribution in [2.75, 3.05) is 6.26 Å². The summed E-state index contributed by atoms with van der Waals surface area (Å²) in [6, 6.07) is -0.662. The van der Waals surface area contributed by atoms with Crippen LogP contribution < -0.4 is 5.73 Å². The zero-order valence-corrected chi connectivity index (χ0v) is 11.1. The van der Waals surface area contributed by atoms with Crippen LogP contribution in [0.3, 0.4) is 0 Å². The molecule has 0 amide bonds. The summed E-state index contributed by atoms with van der Waals surface area (Å²) in [5, 5.41) is 3.75. The fourth-order valence-corrected chi connectivity index (χ4v) is 2.37. The van der Waals surface area contributed by atoms with Gasteiger partial charge in [-0.2, -0.15) is 5.10 Å². The SMILES string of the molecule is CCn1ncc(Cl)c1C(N)C(C)S(C)(=O)=O. The van der Waals surface area contributed by atoms with Gasteiger partial charge in [0.05, 0.1) is 28.2 Å². The number of aryl methyl sites for hydroxylation is 1. The normalized spacial score (nSPS) is 16.1. The van der Waals surface area contributed by atoms with Crippen LogP contribution in [0.25, 0.3) is 0 Å². The Bertz CT molecular complexity index is 469. The minimum absolute atomic E-state index is 0.407. The largest absolute Gasteiger partial charge is 0.322 e. The molecule has 1 aromatic rings. The van der Waals surface area contributed by atoms with Gasteiger partial charge in [-0.05, 0) is 13.8 Å². The van der Waals surface area contributed by atoms with Crippen molar-refractivity contribution in [2.24, 2.45) is 5.73 Å². The predicted octanol–water partition coefficient (Wildman–Crippen LogP) is 0.989. The maximum Gasteiger partial charge on any atom is 0.151 e. The van der Waals surface area contributed by atoms with Gasteiger partial charge in [0.2, 0.25) is 0 Å². The number of sulfone groups is 1. The molecular formula is C9H16ClN3O2S. The Hall–Kier alpha value is -0.590. The maximum absolute atomic E-state index is 11.4. The Balaban J connectivity index is 3.14. The lowest BCUT2D eigenvalue weighted by atomic mass is 10.1. The number of aromatic nitrogens is 2. The van der Waals surface area contributed by atoms with Crippen LogP contribution in [0, 0.1) is 0 Å². The van der Waals surface area contributed by atoms with E-state index < -0.39 is 21.1 Å². The van der Waals surface area contributed by atoms with E-state index in [4.69, 9.17) is 17.3 Å². The minimum Gasteiger partial charge on any atom is -0.322 e. The molecule has 5 nitrogen and oxygen atoms in total. The third kappa shape index (κ3) is 2.56. The second-order valence-corrected chi connectivity index (χ2v) is 6.56. The van der Waals surface area contributed by atoms with Crippen LogP contribution in [0.2, 0.25) is 5.02 Å². The summed E-state index contributed by atoms with van der Waals surface area (Å²) in [7, 11) is -3.19. The Morgan fingerprint density at radius 2 is 2.19 bits per heavy atom. The van der Waals surface area contributed by atoms with Crippen molar-refractivity contribution in [1.29, 1.82) is 0 Å². The molecule has 0 aliphatic heterocycles. The molecule has 2 unspecified atom stereocenters. The first kappa shape index (κ1) is 13.5. The summed E-state index contributed by atoms with van der Waals surface area (Å²) in [5.41, 5.74) is 6.49. The monoisotopic (exact) mass is 265 g/mol. The molecule has 0 radical (unpaired) electrons. The Labute approximate surface area is 100 Å². The molecule has 2 N–H and O–H groups in total. The van der Waals surface area contributed by atoms with Gasteiger partial charge in [0.15, 0.2) is 9.84 Å². The lowest BCUT2D eigenvalue weighted by Gasteiger charge is -2.19. The second kappa shape index (κ2) is 4.73. The number of rotatable bonds is 4. The van der Waals surface area contributed by atoms with Gasteiger partial charge in [-0.15, -0.1) is 0 Å². The average Bonchev–Trinajstić information content (AvgIpc) is 2.56. The molecule has 0 saturated carbocycles. The zero-order valence-electron chi connectivity index (χ0n) is 9.51. The molecule has 0 aromatic carbocycles. The van der Waals surface area contributed by atoms with Crippen LogP contribution in [0.1, 0.15) is 25.6 Å². The van der Waals surface area contributed by atoms with Crippen molar-refractivity contribution in [1.82, 2.24) is 9.78 Å². The van der Waals surface area contributed by atoms with Crippen molar-refractivity contribution in [3.63, 3.8) is 0 Å². The number of hydrogen-bond acceptors (Lipinski definition) is 4. The first-order valence-corrected chi connectivity index (χ1v) is 7.28. The number of hydrogen-bond donors (Lipinski definition) is 1. The first-order chi connectivity index (χ1) is 7.29. The van der Waals surface area contributed by atoms with Gasteiger partial charge < -0.3 is 5.73 Å². The molecule has 0 saturated heterocycles. The van der Waals surface area contributed by atoms with Gasteiger partial charge in [0, 0.05) is 12.8 Å². The molecule has 1 aromatic heterocycles. The topological polar surface area (TPSA) is 78.0 Å². The van der Waals surface area contributed by atoms with E-state index in [1.54, 1.807) is 11.6 Å². The highest BCUT2D eigenvalue weighted by atomic mass is 35.5. The number of nitrogens with zero attached hydrogens (tertiary/aromatic N) is 2. The molecule has 0 aliphatic rings. The highest BCUT2D eigenvalue weighted by Crippen LogP contribution is 2.26. The van der Waals surface area contributed by atoms with Gasteiger partial charge >= 0.3 is 0 Å². The lowest BCUT2D eigenvalue weighted by Crippen LogP contribution is -2.32. The van der Waals surface area contributed by atoms with E-state index in [1.165, 1.54) is 6.20 Å². The molecule has 0 aliphatic carbocycles. The fraction of sp³-hybridized carbons (Fsp3) is 0.667. The quantitative estimate of drug-likeness (QED) is 0.881. The molecule has 1 heterocycles. The van der Waals surface area contributed by atoms with E-state index in [9.17, 15) is 8.42 Å². The predicted molar refractivity (Wildman–Crippen MR) is 64.1 cm³/mol. The van der Waals surface area contributed by atoms with Crippen LogP contribution in [0.15, 0.2) is 6.20 Å². The van der Waals surface area contributed by atoms with Crippen LogP contribution in [0.4, 0.5) is 0 Å². The van der Waals surface area contributed by atoms with Gasteiger partial charge in [-0.1, -0.05) is 11.6 Å². The highest BCUT2D eigenvalue weighted by Gasteiger charge is 2.28. The molecule has 2 atom stereocenters. The van der Waals surface area contributed by atoms with Gasteiger partial charge in [0.25, 0.3) is 0 Å². The summed E-state index contributed by atoms with van der Waals surface area (Å²) < 4.78 is 24.5. The Morgan fingerprint density at radius 3 is 2.62 bits per heavy atom. The van der Waals surface area contributed by atoms with Crippen molar-refractivity contribution < 1.29 is 8.42 Å². The fourth-order valence-electron chi connectivity index (χ4n) is 1.44. The van der Waals surface area contributed by atoms with E-state index >= 15 is 0 Å². The molecular weight excluding hydrogens is 250 g/mol. The molecule has 16 heavy (non-hydrogen) atoms. The van der Waals surface area contributed by atoms with Crippen LogP contribution in [-0.2, 0) is 16.4 Å². The summed E-state index contributed by atoms with van der Waals surface area (Å²) in [4.78, 5) is 0. The average molecular weight is 266 g/mol. The summed E-state index contributed by atoms with van der Waals surface area (Å²) in [6.07, 6.45) is 2.65. The first-order valence-electron chi connectivity index (χ1n) is 4.94. The number of nitrogens with two attached hydrogens (primary N) is 1. The third-order valence-electron chi connectivity index (χ3n) is 2.63. The highest BCUT2D eigenvalue weighted by molar-refractivity contribution is 7.91. The van der Waals surface area contributed by atoms with E-state index in [0.29, 0.717) is 17.3 Å². The van der Waals surface area contributed by atoms with Crippen molar-refractivity contribution >= 4 is 21.4 Å². The van der Waals surface area contributed by atoms with E-state index in [0.717, 1.165) is 6.26 Å². The van der Waals surface area contributed by atoms with Crippen LogP contribution >= 0.6 is 11.6 Å². The third-order valence-corrected chi connectivity index (χ3v) is 4.56. The summed E-state index contributed by atoms with van der Waals surface area (Å²) >= 11 is 5.95. The second-order valence-electron chi connectivity index (χ2n) is 3.75. The molecule has 0 spiro atoms. The zero-order chi connectivity index (χ0) is 12.5. The van der Waals surface area contributed by atoms with Crippen molar-refractivity contribution in [3.05, 3.63) is 16.9 Å². The van der Waals surface area contributed by atoms with Gasteiger partial charge in [0.1, 0.15) is 0 Å². The Kier molecular flexibility index (Phi) is 3.98. The standard InChI is InChI=1S/C9H16ClN3O2S/c1-4-13-9(7(10)5-12-13)8(11)6(2)16(3,14)15/h5-6,8H,4,11H2,1-3H3. The molecule has 7 heteroatoms. The van der Waals surface area contributed by atoms with Crippen LogP contribution in [0.5, 0.6) is 0 Å². The summed E-state index contributed by atoms with van der Waals surface area (Å²) in [5.74, 6) is 0.